The number of amides is 1. The molecule has 0 saturated heterocycles. The minimum Gasteiger partial charge on any atom is -0.444 e. The van der Waals surface area contributed by atoms with Gasteiger partial charge in [-0.05, 0) is 41.5 Å². The maximum absolute atomic E-state index is 11.9. The summed E-state index contributed by atoms with van der Waals surface area (Å²) in [6.45, 7) is 12.6. The molecule has 0 atom stereocenters. The zero-order valence-electron chi connectivity index (χ0n) is 16.7. The van der Waals surface area contributed by atoms with Crippen LogP contribution >= 0.6 is 35.3 Å². The highest BCUT2D eigenvalue weighted by Crippen LogP contribution is 2.09. The number of nitrogens with zero attached hydrogens (tertiary/aromatic N) is 2. The highest BCUT2D eigenvalue weighted by molar-refractivity contribution is 14.0. The summed E-state index contributed by atoms with van der Waals surface area (Å²) in [5, 5.41) is 12.5. The summed E-state index contributed by atoms with van der Waals surface area (Å²) in [7, 11) is 1.72. The minimum atomic E-state index is -0.515. The molecule has 0 aliphatic carbocycles. The van der Waals surface area contributed by atoms with E-state index in [-0.39, 0.29) is 24.0 Å². The summed E-state index contributed by atoms with van der Waals surface area (Å²) in [6, 6.07) is 0. The summed E-state index contributed by atoms with van der Waals surface area (Å²) in [5.74, 6) is 0.686. The number of aryl methyl sites for hydroxylation is 1. The molecule has 7 nitrogen and oxygen atoms in total. The number of aliphatic imine (C=N–C) groups is 1. The van der Waals surface area contributed by atoms with E-state index in [2.05, 4.69) is 31.3 Å². The van der Waals surface area contributed by atoms with Gasteiger partial charge < -0.3 is 20.7 Å². The molecule has 0 aliphatic rings. The van der Waals surface area contributed by atoms with Crippen molar-refractivity contribution >= 4 is 47.4 Å². The summed E-state index contributed by atoms with van der Waals surface area (Å²) in [6.07, 6.45) is 0.408. The van der Waals surface area contributed by atoms with Gasteiger partial charge in [-0.25, -0.2) is 9.78 Å². The first-order valence-corrected chi connectivity index (χ1v) is 9.25. The summed E-state index contributed by atoms with van der Waals surface area (Å²) < 4.78 is 5.29. The molecule has 9 heteroatoms. The number of guanidine groups is 1. The fourth-order valence-corrected chi connectivity index (χ4v) is 2.63. The Morgan fingerprint density at radius 3 is 2.42 bits per heavy atom. The lowest BCUT2D eigenvalue weighted by Gasteiger charge is -2.29. The van der Waals surface area contributed by atoms with Crippen LogP contribution < -0.4 is 16.0 Å². The van der Waals surface area contributed by atoms with Crippen molar-refractivity contribution in [1.29, 1.82) is 0 Å². The van der Waals surface area contributed by atoms with Crippen molar-refractivity contribution in [3.63, 3.8) is 0 Å². The van der Waals surface area contributed by atoms with Crippen molar-refractivity contribution in [2.45, 2.75) is 59.1 Å². The van der Waals surface area contributed by atoms with Crippen molar-refractivity contribution in [1.82, 2.24) is 20.9 Å². The number of alkyl carbamates (subject to hydrolysis) is 1. The minimum absolute atomic E-state index is 0. The first-order chi connectivity index (χ1) is 11.5. The fraction of sp³-hybridized carbons (Fsp3) is 0.706. The van der Waals surface area contributed by atoms with Crippen LogP contribution in [-0.4, -0.2) is 48.3 Å². The van der Waals surface area contributed by atoms with E-state index in [9.17, 15) is 4.79 Å². The standard InChI is InChI=1S/C17H31N5O2S.HI/c1-12-21-13(10-25-12)8-9-19-14(18-7)20-11-17(5,6)22-15(23)24-16(2,3)4;/h10H,8-9,11H2,1-7H3,(H,22,23)(H2,18,19,20);1H. The second kappa shape index (κ2) is 10.9. The van der Waals surface area contributed by atoms with Crippen LogP contribution in [0.2, 0.25) is 0 Å². The van der Waals surface area contributed by atoms with Crippen molar-refractivity contribution in [3.05, 3.63) is 16.1 Å². The molecule has 0 aromatic carbocycles. The second-order valence-electron chi connectivity index (χ2n) is 7.47. The van der Waals surface area contributed by atoms with E-state index in [1.807, 2.05) is 41.5 Å². The van der Waals surface area contributed by atoms with Gasteiger partial charge in [-0.3, -0.25) is 4.99 Å². The van der Waals surface area contributed by atoms with Gasteiger partial charge in [-0.1, -0.05) is 0 Å². The average molecular weight is 497 g/mol. The molecule has 0 unspecified atom stereocenters. The second-order valence-corrected chi connectivity index (χ2v) is 8.53. The first kappa shape index (κ1) is 24.9. The van der Waals surface area contributed by atoms with Crippen LogP contribution in [0.5, 0.6) is 0 Å². The molecule has 150 valence electrons. The van der Waals surface area contributed by atoms with Crippen molar-refractivity contribution < 1.29 is 9.53 Å². The van der Waals surface area contributed by atoms with Crippen molar-refractivity contribution in [2.75, 3.05) is 20.1 Å². The molecule has 1 aromatic rings. The van der Waals surface area contributed by atoms with E-state index >= 15 is 0 Å². The van der Waals surface area contributed by atoms with E-state index in [1.165, 1.54) is 0 Å². The van der Waals surface area contributed by atoms with Crippen molar-refractivity contribution in [3.8, 4) is 0 Å². The number of rotatable bonds is 6. The molecular formula is C17H32IN5O2S. The number of ether oxygens (including phenoxy) is 1. The van der Waals surface area contributed by atoms with Gasteiger partial charge in [0, 0.05) is 31.9 Å². The van der Waals surface area contributed by atoms with Gasteiger partial charge in [0.25, 0.3) is 0 Å². The van der Waals surface area contributed by atoms with E-state index in [0.717, 1.165) is 23.7 Å². The smallest absolute Gasteiger partial charge is 0.408 e. The van der Waals surface area contributed by atoms with Gasteiger partial charge in [-0.15, -0.1) is 35.3 Å². The molecule has 1 rings (SSSR count). The average Bonchev–Trinajstić information content (AvgIpc) is 2.85. The Balaban J connectivity index is 0.00000625. The van der Waals surface area contributed by atoms with E-state index < -0.39 is 17.2 Å². The number of aromatic nitrogens is 1. The molecule has 0 saturated carbocycles. The van der Waals surface area contributed by atoms with Crippen molar-refractivity contribution in [2.24, 2.45) is 4.99 Å². The van der Waals surface area contributed by atoms with E-state index in [4.69, 9.17) is 4.74 Å². The third-order valence-electron chi connectivity index (χ3n) is 3.10. The number of hydrogen-bond donors (Lipinski definition) is 3. The lowest BCUT2D eigenvalue weighted by atomic mass is 10.1. The largest absolute Gasteiger partial charge is 0.444 e. The van der Waals surface area contributed by atoms with E-state index in [1.54, 1.807) is 18.4 Å². The number of halogens is 1. The molecule has 1 aromatic heterocycles. The number of carbonyl (C=O) groups is 1. The summed E-state index contributed by atoms with van der Waals surface area (Å²) in [4.78, 5) is 20.5. The molecule has 3 N–H and O–H groups in total. The molecule has 0 fully saturated rings. The Kier molecular flexibility index (Phi) is 10.4. The number of nitrogens with one attached hydrogen (secondary N) is 3. The lowest BCUT2D eigenvalue weighted by Crippen LogP contribution is -2.54. The monoisotopic (exact) mass is 497 g/mol. The normalized spacial score (nSPS) is 12.2. The first-order valence-electron chi connectivity index (χ1n) is 8.37. The van der Waals surface area contributed by atoms with Gasteiger partial charge in [0.05, 0.1) is 16.2 Å². The Morgan fingerprint density at radius 2 is 1.92 bits per heavy atom. The molecule has 26 heavy (non-hydrogen) atoms. The maximum Gasteiger partial charge on any atom is 0.408 e. The molecule has 1 amide bonds. The Hall–Kier alpha value is -1.10. The van der Waals surface area contributed by atoms with Crippen LogP contribution in [0.3, 0.4) is 0 Å². The van der Waals surface area contributed by atoms with Crippen LogP contribution in [0.25, 0.3) is 0 Å². The zero-order valence-corrected chi connectivity index (χ0v) is 19.9. The quantitative estimate of drug-likeness (QED) is 0.320. The van der Waals surface area contributed by atoms with Crippen LogP contribution in [0, 0.1) is 6.92 Å². The summed E-state index contributed by atoms with van der Waals surface area (Å²) >= 11 is 1.66. The SMILES string of the molecule is CN=C(NCCc1csc(C)n1)NCC(C)(C)NC(=O)OC(C)(C)C.I. The Labute approximate surface area is 177 Å². The van der Waals surface area contributed by atoms with Crippen LogP contribution in [0.4, 0.5) is 4.79 Å². The highest BCUT2D eigenvalue weighted by Gasteiger charge is 2.24. The molecule has 0 bridgehead atoms. The maximum atomic E-state index is 11.9. The van der Waals surface area contributed by atoms with Gasteiger partial charge in [0.1, 0.15) is 5.60 Å². The molecule has 0 aliphatic heterocycles. The number of thiazole rings is 1. The van der Waals surface area contributed by atoms with E-state index in [0.29, 0.717) is 12.5 Å². The van der Waals surface area contributed by atoms with Gasteiger partial charge in [0.2, 0.25) is 0 Å². The number of hydrogen-bond acceptors (Lipinski definition) is 5. The van der Waals surface area contributed by atoms with Crippen LogP contribution in [-0.2, 0) is 11.2 Å². The predicted octanol–water partition coefficient (Wildman–Crippen LogP) is 3.08. The number of carbonyl (C=O) groups excluding carboxylic acids is 1. The molecular weight excluding hydrogens is 465 g/mol. The Bertz CT molecular complexity index is 596. The van der Waals surface area contributed by atoms with Crippen LogP contribution in [0.1, 0.15) is 45.3 Å². The van der Waals surface area contributed by atoms with Gasteiger partial charge in [0.15, 0.2) is 5.96 Å². The molecule has 0 spiro atoms. The lowest BCUT2D eigenvalue weighted by molar-refractivity contribution is 0.0474. The fourth-order valence-electron chi connectivity index (χ4n) is 1.98. The highest BCUT2D eigenvalue weighted by atomic mass is 127. The summed E-state index contributed by atoms with van der Waals surface area (Å²) in [5.41, 5.74) is 0.0861. The molecule has 1 heterocycles. The topological polar surface area (TPSA) is 87.6 Å². The Morgan fingerprint density at radius 1 is 1.27 bits per heavy atom. The third-order valence-corrected chi connectivity index (χ3v) is 3.92. The third kappa shape index (κ3) is 10.8. The molecule has 0 radical (unpaired) electrons. The predicted molar refractivity (Wildman–Crippen MR) is 119 cm³/mol. The zero-order chi connectivity index (χ0) is 19.1. The van der Waals surface area contributed by atoms with Gasteiger partial charge >= 0.3 is 6.09 Å². The van der Waals surface area contributed by atoms with Crippen LogP contribution in [0.15, 0.2) is 10.4 Å². The van der Waals surface area contributed by atoms with Gasteiger partial charge in [-0.2, -0.15) is 0 Å².